The number of piperazine rings is 1. The van der Waals surface area contributed by atoms with Gasteiger partial charge in [0.1, 0.15) is 6.04 Å². The van der Waals surface area contributed by atoms with Crippen LogP contribution in [-0.4, -0.2) is 73.5 Å². The molecule has 1 saturated heterocycles. The third-order valence-corrected chi connectivity index (χ3v) is 5.71. The number of carbonyl (C=O) groups excluding carboxylic acids is 2. The van der Waals surface area contributed by atoms with Crippen LogP contribution in [0.25, 0.3) is 0 Å². The zero-order valence-electron chi connectivity index (χ0n) is 16.6. The maximum atomic E-state index is 12.8. The number of para-hydroxylation sites is 1. The Labute approximate surface area is 162 Å². The summed E-state index contributed by atoms with van der Waals surface area (Å²) in [6.07, 6.45) is 1.95. The van der Waals surface area contributed by atoms with Crippen molar-refractivity contribution in [2.75, 3.05) is 50.7 Å². The molecular weight excluding hydrogens is 340 g/mol. The quantitative estimate of drug-likeness (QED) is 0.737. The monoisotopic (exact) mass is 372 g/mol. The number of fused-ring (bicyclic) bond motifs is 1. The van der Waals surface area contributed by atoms with Crippen LogP contribution in [0.15, 0.2) is 24.3 Å². The highest BCUT2D eigenvalue weighted by molar-refractivity contribution is 6.03. The molecule has 2 aliphatic heterocycles. The molecule has 0 bridgehead atoms. The van der Waals surface area contributed by atoms with E-state index in [1.165, 1.54) is 0 Å². The second kappa shape index (κ2) is 9.33. The first kappa shape index (κ1) is 19.8. The molecule has 148 valence electrons. The number of rotatable bonds is 7. The van der Waals surface area contributed by atoms with Crippen LogP contribution in [-0.2, 0) is 16.0 Å². The van der Waals surface area contributed by atoms with Crippen molar-refractivity contribution < 1.29 is 9.59 Å². The van der Waals surface area contributed by atoms with E-state index in [0.717, 1.165) is 56.9 Å². The lowest BCUT2D eigenvalue weighted by atomic mass is 10.1. The molecule has 6 nitrogen and oxygen atoms in total. The fourth-order valence-electron chi connectivity index (χ4n) is 4.04. The minimum absolute atomic E-state index is 0.00824. The van der Waals surface area contributed by atoms with E-state index in [9.17, 15) is 9.59 Å². The van der Waals surface area contributed by atoms with Gasteiger partial charge in [-0.15, -0.1) is 0 Å². The predicted octanol–water partition coefficient (Wildman–Crippen LogP) is 1.50. The predicted molar refractivity (Wildman–Crippen MR) is 108 cm³/mol. The largest absolute Gasteiger partial charge is 0.354 e. The van der Waals surface area contributed by atoms with Gasteiger partial charge < -0.3 is 15.1 Å². The number of nitrogens with one attached hydrogen (secondary N) is 1. The van der Waals surface area contributed by atoms with Crippen LogP contribution in [0.3, 0.4) is 0 Å². The highest BCUT2D eigenvalue weighted by atomic mass is 16.2. The van der Waals surface area contributed by atoms with E-state index in [4.69, 9.17) is 0 Å². The smallest absolute Gasteiger partial charge is 0.243 e. The second-order valence-corrected chi connectivity index (χ2v) is 7.39. The van der Waals surface area contributed by atoms with Crippen LogP contribution < -0.4 is 10.2 Å². The molecule has 0 aliphatic carbocycles. The Bertz CT molecular complexity index is 655. The van der Waals surface area contributed by atoms with E-state index in [2.05, 4.69) is 22.0 Å². The van der Waals surface area contributed by atoms with Crippen LogP contribution in [0.4, 0.5) is 5.69 Å². The van der Waals surface area contributed by atoms with Gasteiger partial charge in [0.2, 0.25) is 11.8 Å². The van der Waals surface area contributed by atoms with Crippen molar-refractivity contribution in [2.24, 2.45) is 0 Å². The van der Waals surface area contributed by atoms with Gasteiger partial charge >= 0.3 is 0 Å². The summed E-state index contributed by atoms with van der Waals surface area (Å²) in [7, 11) is 0. The van der Waals surface area contributed by atoms with Crippen LogP contribution in [0.1, 0.15) is 32.3 Å². The first-order chi connectivity index (χ1) is 13.1. The fourth-order valence-corrected chi connectivity index (χ4v) is 4.04. The maximum absolute atomic E-state index is 12.8. The molecule has 0 spiro atoms. The summed E-state index contributed by atoms with van der Waals surface area (Å²) in [6, 6.07) is 7.42. The van der Waals surface area contributed by atoms with Crippen LogP contribution in [0.5, 0.6) is 0 Å². The zero-order valence-corrected chi connectivity index (χ0v) is 16.6. The van der Waals surface area contributed by atoms with E-state index in [-0.39, 0.29) is 11.8 Å². The molecule has 1 aromatic carbocycles. The zero-order chi connectivity index (χ0) is 19.2. The van der Waals surface area contributed by atoms with E-state index < -0.39 is 6.04 Å². The van der Waals surface area contributed by atoms with Gasteiger partial charge in [0.25, 0.3) is 0 Å². The normalized spacial score (nSPS) is 20.5. The molecule has 1 fully saturated rings. The lowest BCUT2D eigenvalue weighted by Crippen LogP contribution is -2.49. The van der Waals surface area contributed by atoms with Gasteiger partial charge in [-0.25, -0.2) is 0 Å². The number of carbonyl (C=O) groups is 2. The molecule has 0 saturated carbocycles. The first-order valence-corrected chi connectivity index (χ1v) is 10.3. The molecule has 0 aromatic heterocycles. The number of hydrogen-bond acceptors (Lipinski definition) is 4. The lowest BCUT2D eigenvalue weighted by molar-refractivity contribution is -0.126. The Morgan fingerprint density at radius 1 is 1.07 bits per heavy atom. The molecule has 2 heterocycles. The molecule has 1 unspecified atom stereocenters. The molecule has 1 atom stereocenters. The minimum atomic E-state index is -0.414. The van der Waals surface area contributed by atoms with Crippen LogP contribution in [0.2, 0.25) is 0 Å². The summed E-state index contributed by atoms with van der Waals surface area (Å²) in [6.45, 7) is 11.3. The van der Waals surface area contributed by atoms with E-state index >= 15 is 0 Å². The third kappa shape index (κ3) is 4.68. The maximum Gasteiger partial charge on any atom is 0.243 e. The fraction of sp³-hybridized carbons (Fsp3) is 0.619. The van der Waals surface area contributed by atoms with Crippen molar-refractivity contribution in [1.29, 1.82) is 0 Å². The molecule has 2 aliphatic rings. The van der Waals surface area contributed by atoms with Gasteiger partial charge in [-0.2, -0.15) is 0 Å². The average Bonchev–Trinajstić information content (AvgIpc) is 3.10. The first-order valence-electron chi connectivity index (χ1n) is 10.3. The van der Waals surface area contributed by atoms with Gasteiger partial charge in [0.05, 0.1) is 0 Å². The Hall–Kier alpha value is -1.92. The van der Waals surface area contributed by atoms with Crippen molar-refractivity contribution in [3.63, 3.8) is 0 Å². The van der Waals surface area contributed by atoms with Gasteiger partial charge in [-0.3, -0.25) is 14.5 Å². The van der Waals surface area contributed by atoms with Crippen molar-refractivity contribution in [1.82, 2.24) is 15.1 Å². The Morgan fingerprint density at radius 3 is 2.48 bits per heavy atom. The van der Waals surface area contributed by atoms with Gasteiger partial charge in [0, 0.05) is 51.3 Å². The van der Waals surface area contributed by atoms with E-state index in [0.29, 0.717) is 19.4 Å². The Morgan fingerprint density at radius 2 is 1.78 bits per heavy atom. The van der Waals surface area contributed by atoms with Gasteiger partial charge in [-0.05, 0) is 31.1 Å². The average molecular weight is 373 g/mol. The van der Waals surface area contributed by atoms with Crippen LogP contribution >= 0.6 is 0 Å². The van der Waals surface area contributed by atoms with Gasteiger partial charge in [0.15, 0.2) is 0 Å². The van der Waals surface area contributed by atoms with E-state index in [1.807, 2.05) is 31.2 Å². The second-order valence-electron chi connectivity index (χ2n) is 7.39. The molecule has 0 radical (unpaired) electrons. The van der Waals surface area contributed by atoms with Gasteiger partial charge in [-0.1, -0.05) is 32.0 Å². The summed E-state index contributed by atoms with van der Waals surface area (Å²) in [5, 5.41) is 3.06. The number of benzene rings is 1. The molecule has 1 N–H and O–H groups in total. The highest BCUT2D eigenvalue weighted by Crippen LogP contribution is 2.32. The molecule has 27 heavy (non-hydrogen) atoms. The van der Waals surface area contributed by atoms with Crippen molar-refractivity contribution in [3.8, 4) is 0 Å². The molecule has 2 amide bonds. The summed E-state index contributed by atoms with van der Waals surface area (Å²) >= 11 is 0. The molecular formula is C21H32N4O2. The summed E-state index contributed by atoms with van der Waals surface area (Å²) in [4.78, 5) is 31.8. The van der Waals surface area contributed by atoms with Crippen LogP contribution in [0, 0.1) is 0 Å². The summed E-state index contributed by atoms with van der Waals surface area (Å²) < 4.78 is 0. The SMILES string of the molecule is CCC(=O)N1c2ccccc2CC1C(=O)NCCCN1CCN(CC)CC1. The van der Waals surface area contributed by atoms with E-state index in [1.54, 1.807) is 4.90 Å². The number of hydrogen-bond donors (Lipinski definition) is 1. The number of nitrogens with zero attached hydrogens (tertiary/aromatic N) is 3. The van der Waals surface area contributed by atoms with Crippen molar-refractivity contribution >= 4 is 17.5 Å². The minimum Gasteiger partial charge on any atom is -0.354 e. The number of amides is 2. The number of anilines is 1. The lowest BCUT2D eigenvalue weighted by Gasteiger charge is -2.34. The molecule has 3 rings (SSSR count). The summed E-state index contributed by atoms with van der Waals surface area (Å²) in [5.74, 6) is -0.0299. The standard InChI is InChI=1S/C21H32N4O2/c1-3-20(26)25-18-9-6-5-8-17(18)16-19(25)21(27)22-10-7-11-24-14-12-23(4-2)13-15-24/h5-6,8-9,19H,3-4,7,10-16H2,1-2H3,(H,22,27). The number of likely N-dealkylation sites (N-methyl/N-ethyl adjacent to an activating group) is 1. The third-order valence-electron chi connectivity index (χ3n) is 5.71. The summed E-state index contributed by atoms with van der Waals surface area (Å²) in [5.41, 5.74) is 1.96. The molecule has 6 heteroatoms. The van der Waals surface area contributed by atoms with Crippen molar-refractivity contribution in [3.05, 3.63) is 29.8 Å². The Balaban J connectivity index is 1.47. The van der Waals surface area contributed by atoms with Crippen molar-refractivity contribution in [2.45, 2.75) is 39.2 Å². The topological polar surface area (TPSA) is 55.9 Å². The Kier molecular flexibility index (Phi) is 6.85. The highest BCUT2D eigenvalue weighted by Gasteiger charge is 2.37. The molecule has 1 aromatic rings.